The summed E-state index contributed by atoms with van der Waals surface area (Å²) in [6.45, 7) is 3.26. The summed E-state index contributed by atoms with van der Waals surface area (Å²) in [4.78, 5) is 34.2. The number of piperazine rings is 1. The number of anilines is 1. The van der Waals surface area contributed by atoms with Crippen LogP contribution < -0.4 is 5.73 Å². The Morgan fingerprint density at radius 1 is 1.13 bits per heavy atom. The standard InChI is InChI=1S/C22H21N7O2/c1-28-8-10-29(11-9-28)22(30)15-4-2-14(3-5-15)16-13-25-20(23)19(26-16)21-27-17-12-24-7-6-18(17)31-21/h2-7,12-13H,8-11H2,1H3,(H2,23,25)/i10+2. The Morgan fingerprint density at radius 2 is 1.97 bits per heavy atom. The largest absolute Gasteiger partial charge is 0.434 e. The van der Waals surface area contributed by atoms with Crippen LogP contribution in [0.4, 0.5) is 5.82 Å². The second kappa shape index (κ2) is 7.77. The summed E-state index contributed by atoms with van der Waals surface area (Å²) in [5.41, 5.74) is 9.71. The molecule has 0 atom stereocenters. The fourth-order valence-electron chi connectivity index (χ4n) is 3.55. The van der Waals surface area contributed by atoms with Gasteiger partial charge >= 0.3 is 0 Å². The average molecular weight is 417 g/mol. The van der Waals surface area contributed by atoms with Crippen molar-refractivity contribution in [2.75, 3.05) is 39.0 Å². The molecule has 9 heteroatoms. The molecule has 9 nitrogen and oxygen atoms in total. The number of rotatable bonds is 3. The predicted molar refractivity (Wildman–Crippen MR) is 116 cm³/mol. The Bertz CT molecular complexity index is 1210. The summed E-state index contributed by atoms with van der Waals surface area (Å²) in [6, 6.07) is 9.10. The zero-order valence-corrected chi connectivity index (χ0v) is 17.0. The number of amides is 1. The lowest BCUT2D eigenvalue weighted by molar-refractivity contribution is 0.0664. The van der Waals surface area contributed by atoms with Gasteiger partial charge in [-0.25, -0.2) is 15.0 Å². The molecule has 0 bridgehead atoms. The molecule has 0 radical (unpaired) electrons. The fourth-order valence-corrected chi connectivity index (χ4v) is 3.55. The van der Waals surface area contributed by atoms with Crippen LogP contribution >= 0.6 is 0 Å². The second-order valence-corrected chi connectivity index (χ2v) is 7.52. The van der Waals surface area contributed by atoms with Crippen molar-refractivity contribution in [3.05, 3.63) is 54.5 Å². The van der Waals surface area contributed by atoms with Gasteiger partial charge in [0.25, 0.3) is 5.91 Å². The summed E-state index contributed by atoms with van der Waals surface area (Å²) < 4.78 is 5.76. The summed E-state index contributed by atoms with van der Waals surface area (Å²) in [7, 11) is 2.07. The van der Waals surface area contributed by atoms with Crippen molar-refractivity contribution in [3.63, 3.8) is 0 Å². The van der Waals surface area contributed by atoms with E-state index in [0.717, 1.165) is 31.7 Å². The maximum atomic E-state index is 12.8. The van der Waals surface area contributed by atoms with Crippen molar-refractivity contribution < 1.29 is 9.21 Å². The van der Waals surface area contributed by atoms with Crippen molar-refractivity contribution in [3.8, 4) is 22.8 Å². The molecule has 156 valence electrons. The second-order valence-electron chi connectivity index (χ2n) is 7.52. The molecule has 1 aliphatic rings. The number of aromatic nitrogens is 4. The molecule has 0 spiro atoms. The van der Waals surface area contributed by atoms with Crippen molar-refractivity contribution in [1.82, 2.24) is 29.7 Å². The highest BCUT2D eigenvalue weighted by molar-refractivity contribution is 5.94. The molecule has 4 aromatic rings. The molecule has 1 aromatic carbocycles. The molecule has 2 N–H and O–H groups in total. The van der Waals surface area contributed by atoms with Gasteiger partial charge in [0, 0.05) is 49.6 Å². The van der Waals surface area contributed by atoms with Gasteiger partial charge in [-0.15, -0.1) is 0 Å². The van der Waals surface area contributed by atoms with Crippen LogP contribution in [0.25, 0.3) is 33.9 Å². The van der Waals surface area contributed by atoms with Crippen molar-refractivity contribution >= 4 is 22.8 Å². The van der Waals surface area contributed by atoms with Gasteiger partial charge in [-0.3, -0.25) is 9.78 Å². The highest BCUT2D eigenvalue weighted by atomic mass is 16.3. The van der Waals surface area contributed by atoms with Crippen molar-refractivity contribution in [2.45, 2.75) is 0 Å². The van der Waals surface area contributed by atoms with E-state index < -0.39 is 0 Å². The van der Waals surface area contributed by atoms with Gasteiger partial charge in [-0.1, -0.05) is 12.1 Å². The van der Waals surface area contributed by atoms with Crippen LogP contribution in [0.3, 0.4) is 0 Å². The molecule has 1 fully saturated rings. The lowest BCUT2D eigenvalue weighted by Crippen LogP contribution is -2.47. The van der Waals surface area contributed by atoms with E-state index in [1.165, 1.54) is 0 Å². The number of nitrogens with two attached hydrogens (primary N) is 1. The van der Waals surface area contributed by atoms with E-state index >= 15 is 0 Å². The number of carbonyl (C=O) groups excluding carboxylic acids is 1. The summed E-state index contributed by atoms with van der Waals surface area (Å²) in [5.74, 6) is 0.561. The molecule has 31 heavy (non-hydrogen) atoms. The Balaban J connectivity index is 1.41. The quantitative estimate of drug-likeness (QED) is 0.540. The zero-order chi connectivity index (χ0) is 21.4. The number of nitrogen functional groups attached to an aromatic ring is 1. The van der Waals surface area contributed by atoms with E-state index in [1.54, 1.807) is 24.7 Å². The first-order valence-corrected chi connectivity index (χ1v) is 10.0. The number of fused-ring (bicyclic) bond motifs is 1. The minimum absolute atomic E-state index is 0.0452. The lowest BCUT2D eigenvalue weighted by Gasteiger charge is -2.32. The Kier molecular flexibility index (Phi) is 4.79. The first-order valence-electron chi connectivity index (χ1n) is 10.0. The van der Waals surface area contributed by atoms with Gasteiger partial charge in [0.1, 0.15) is 5.52 Å². The smallest absolute Gasteiger partial charge is 0.253 e. The van der Waals surface area contributed by atoms with Crippen molar-refractivity contribution in [1.29, 1.82) is 0 Å². The highest BCUT2D eigenvalue weighted by Crippen LogP contribution is 2.28. The third-order valence-corrected chi connectivity index (χ3v) is 5.41. The SMILES string of the molecule is CN1CCN(C(=O)c2ccc(-c3cnc(N)c(-c4nc5cnccc5o4)n3)cc2)[14CH2]C1. The van der Waals surface area contributed by atoms with Crippen molar-refractivity contribution in [2.24, 2.45) is 0 Å². The molecule has 1 aliphatic heterocycles. The van der Waals surface area contributed by atoms with Gasteiger partial charge < -0.3 is 20.0 Å². The van der Waals surface area contributed by atoms with Crippen LogP contribution in [0, 0.1) is 0 Å². The number of nitrogens with zero attached hydrogens (tertiary/aromatic N) is 6. The molecular formula is C22H21N7O2. The molecule has 0 unspecified atom stereocenters. The first kappa shape index (κ1) is 19.1. The number of hydrogen-bond donors (Lipinski definition) is 1. The van der Waals surface area contributed by atoms with Gasteiger partial charge in [0.05, 0.1) is 18.1 Å². The number of benzene rings is 1. The number of hydrogen-bond acceptors (Lipinski definition) is 8. The summed E-state index contributed by atoms with van der Waals surface area (Å²) in [6.07, 6.45) is 4.85. The van der Waals surface area contributed by atoms with Crippen LogP contribution in [0.15, 0.2) is 53.3 Å². The number of carbonyl (C=O) groups is 1. The van der Waals surface area contributed by atoms with Gasteiger partial charge in [-0.05, 0) is 19.2 Å². The highest BCUT2D eigenvalue weighted by Gasteiger charge is 2.20. The third-order valence-electron chi connectivity index (χ3n) is 5.41. The van der Waals surface area contributed by atoms with E-state index in [-0.39, 0.29) is 17.6 Å². The molecular weight excluding hydrogens is 396 g/mol. The normalized spacial score (nSPS) is 14.8. The molecule has 1 amide bonds. The molecule has 0 saturated carbocycles. The number of pyridine rings is 1. The zero-order valence-electron chi connectivity index (χ0n) is 17.0. The topological polar surface area (TPSA) is 114 Å². The molecule has 3 aromatic heterocycles. The van der Waals surface area contributed by atoms with E-state index in [4.69, 9.17) is 10.2 Å². The average Bonchev–Trinajstić information content (AvgIpc) is 3.24. The van der Waals surface area contributed by atoms with E-state index in [2.05, 4.69) is 31.9 Å². The van der Waals surface area contributed by atoms with Crippen LogP contribution in [0.1, 0.15) is 10.4 Å². The van der Waals surface area contributed by atoms with Crippen LogP contribution in [0.2, 0.25) is 0 Å². The fraction of sp³-hybridized carbons (Fsp3) is 0.227. The molecule has 1 saturated heterocycles. The predicted octanol–water partition coefficient (Wildman–Crippen LogP) is 2.32. The van der Waals surface area contributed by atoms with E-state index in [9.17, 15) is 4.79 Å². The van der Waals surface area contributed by atoms with Crippen LogP contribution in [-0.2, 0) is 0 Å². The minimum atomic E-state index is 0.0452. The third kappa shape index (κ3) is 3.71. The number of likely N-dealkylation sites (N-methyl/N-ethyl adjacent to an activating group) is 1. The summed E-state index contributed by atoms with van der Waals surface area (Å²) in [5, 5.41) is 0. The maximum absolute atomic E-state index is 12.8. The summed E-state index contributed by atoms with van der Waals surface area (Å²) >= 11 is 0. The van der Waals surface area contributed by atoms with Crippen LogP contribution in [-0.4, -0.2) is 68.9 Å². The van der Waals surface area contributed by atoms with E-state index in [0.29, 0.717) is 28.1 Å². The molecule has 5 rings (SSSR count). The van der Waals surface area contributed by atoms with E-state index in [1.807, 2.05) is 29.2 Å². The molecule has 0 aliphatic carbocycles. The lowest BCUT2D eigenvalue weighted by atomic mass is 10.1. The Labute approximate surface area is 178 Å². The maximum Gasteiger partial charge on any atom is 0.253 e. The number of oxazole rings is 1. The van der Waals surface area contributed by atoms with Gasteiger partial charge in [0.15, 0.2) is 17.1 Å². The Morgan fingerprint density at radius 3 is 2.71 bits per heavy atom. The first-order chi connectivity index (χ1) is 15.1. The van der Waals surface area contributed by atoms with Crippen LogP contribution in [0.5, 0.6) is 0 Å². The monoisotopic (exact) mass is 417 g/mol. The Hall–Kier alpha value is -3.85. The van der Waals surface area contributed by atoms with Gasteiger partial charge in [-0.2, -0.15) is 0 Å². The minimum Gasteiger partial charge on any atom is -0.434 e. The molecule has 4 heterocycles. The van der Waals surface area contributed by atoms with Gasteiger partial charge in [0.2, 0.25) is 5.89 Å².